The summed E-state index contributed by atoms with van der Waals surface area (Å²) in [5.74, 6) is 1.08. The average Bonchev–Trinajstić information content (AvgIpc) is 3.45. The Bertz CT molecular complexity index is 1500. The number of unbranched alkanes of at least 4 members (excludes halogenated alkanes) is 10. The first kappa shape index (κ1) is 54.9. The summed E-state index contributed by atoms with van der Waals surface area (Å²) in [4.78, 5) is 47.8. The fourth-order valence-electron chi connectivity index (χ4n) is 6.19. The molecule has 0 aromatic carbocycles. The number of allylic oxidation sites excluding steroid dienone is 8. The molecular weight excluding hydrogens is 781 g/mol. The Kier molecular flexibility index (Phi) is 30.7. The fourth-order valence-corrected chi connectivity index (χ4v) is 6.93. The van der Waals surface area contributed by atoms with Crippen LogP contribution >= 0.6 is 7.82 Å². The van der Waals surface area contributed by atoms with Crippen molar-refractivity contribution in [2.75, 3.05) is 47.5 Å². The molecule has 0 radical (unpaired) electrons. The van der Waals surface area contributed by atoms with E-state index in [0.29, 0.717) is 17.4 Å². The minimum Gasteiger partial charge on any atom is -0.466 e. The number of hydrogen-bond acceptors (Lipinski definition) is 9. The molecule has 12 heteroatoms. The summed E-state index contributed by atoms with van der Waals surface area (Å²) in [7, 11) is 1.30. The maximum absolute atomic E-state index is 12.7. The van der Waals surface area contributed by atoms with Crippen molar-refractivity contribution in [1.82, 2.24) is 0 Å². The van der Waals surface area contributed by atoms with Crippen molar-refractivity contribution in [2.24, 2.45) is 0 Å². The standard InChI is InChI=1S/C48H80NO10P/c1-8-10-11-12-13-14-15-16-17-18-21-24-27-32-43(50)33-30-36-48(52)58-44(40-57-60(53,54)56-38-37-49(5,6)7)39-55-47(51)35-29-26-23-20-19-22-25-28-34-46-42(4)41(3)45(59-46)31-9-2/h13-14,16-17,21,24,27,32,44H,8-12,15,18-20,22-23,25-26,28-31,33-40H2,1-7H3/p+1/b14-13-,17-16-,24-21-,32-27+/t44-/m1/s1. The zero-order chi connectivity index (χ0) is 44.5. The van der Waals surface area contributed by atoms with E-state index < -0.39 is 32.5 Å². The molecule has 0 saturated carbocycles. The number of quaternary nitrogens is 1. The molecule has 0 fully saturated rings. The number of ether oxygens (including phenoxy) is 2. The van der Waals surface area contributed by atoms with Crippen molar-refractivity contribution in [3.05, 3.63) is 71.3 Å². The second-order valence-corrected chi connectivity index (χ2v) is 18.2. The highest BCUT2D eigenvalue weighted by Gasteiger charge is 2.27. The van der Waals surface area contributed by atoms with Gasteiger partial charge in [-0.25, -0.2) is 4.57 Å². The van der Waals surface area contributed by atoms with Crippen LogP contribution in [-0.4, -0.2) is 80.7 Å². The van der Waals surface area contributed by atoms with Gasteiger partial charge >= 0.3 is 19.8 Å². The lowest BCUT2D eigenvalue weighted by Crippen LogP contribution is -2.37. The molecule has 0 amide bonds. The highest BCUT2D eigenvalue weighted by Crippen LogP contribution is 2.43. The Morgan fingerprint density at radius 3 is 1.97 bits per heavy atom. The van der Waals surface area contributed by atoms with Crippen LogP contribution in [0, 0.1) is 13.8 Å². The minimum atomic E-state index is -4.46. The molecule has 11 nitrogen and oxygen atoms in total. The van der Waals surface area contributed by atoms with Gasteiger partial charge in [0.15, 0.2) is 11.9 Å². The lowest BCUT2D eigenvalue weighted by Gasteiger charge is -2.24. The van der Waals surface area contributed by atoms with Gasteiger partial charge in [-0.05, 0) is 82.4 Å². The van der Waals surface area contributed by atoms with Gasteiger partial charge in [0.2, 0.25) is 0 Å². The third kappa shape index (κ3) is 30.0. The highest BCUT2D eigenvalue weighted by atomic mass is 31.2. The fraction of sp³-hybridized carbons (Fsp3) is 0.688. The monoisotopic (exact) mass is 863 g/mol. The summed E-state index contributed by atoms with van der Waals surface area (Å²) >= 11 is 0. The van der Waals surface area contributed by atoms with Crippen molar-refractivity contribution < 1.29 is 51.3 Å². The normalized spacial score (nSPS) is 13.9. The van der Waals surface area contributed by atoms with E-state index >= 15 is 0 Å². The SMILES string of the molecule is CCCCC/C=C\C/C=C\C/C=C\C=C\C(=O)CCCC(=O)O[C@H](COC(=O)CCCCCCCCCCc1oc(CCC)c(C)c1C)COP(=O)(O)OCC[N+](C)(C)C. The number of carbonyl (C=O) groups excluding carboxylic acids is 3. The number of phosphoric acid groups is 1. The summed E-state index contributed by atoms with van der Waals surface area (Å²) in [5, 5.41) is 0. The Morgan fingerprint density at radius 1 is 0.683 bits per heavy atom. The summed E-state index contributed by atoms with van der Waals surface area (Å²) in [5.41, 5.74) is 2.61. The third-order valence-corrected chi connectivity index (χ3v) is 11.0. The van der Waals surface area contributed by atoms with Crippen LogP contribution in [0.4, 0.5) is 0 Å². The van der Waals surface area contributed by atoms with E-state index in [4.69, 9.17) is 22.9 Å². The largest absolute Gasteiger partial charge is 0.472 e. The van der Waals surface area contributed by atoms with Gasteiger partial charge in [-0.3, -0.25) is 23.4 Å². The predicted molar refractivity (Wildman–Crippen MR) is 242 cm³/mol. The van der Waals surface area contributed by atoms with Gasteiger partial charge in [0.1, 0.15) is 31.3 Å². The second-order valence-electron chi connectivity index (χ2n) is 16.7. The van der Waals surface area contributed by atoms with E-state index in [1.165, 1.54) is 49.3 Å². The summed E-state index contributed by atoms with van der Waals surface area (Å²) in [6.07, 6.45) is 33.0. The number of furan rings is 1. The number of nitrogens with zero attached hydrogens (tertiary/aromatic N) is 1. The molecule has 1 aromatic heterocycles. The maximum Gasteiger partial charge on any atom is 0.472 e. The Balaban J connectivity index is 2.42. The van der Waals surface area contributed by atoms with Crippen LogP contribution in [0.3, 0.4) is 0 Å². The Hall–Kier alpha value is -3.08. The van der Waals surface area contributed by atoms with Gasteiger partial charge in [0.25, 0.3) is 0 Å². The quantitative estimate of drug-likeness (QED) is 0.0131. The Labute approximate surface area is 363 Å². The molecule has 0 aliphatic carbocycles. The number of carbonyl (C=O) groups is 3. The molecule has 1 heterocycles. The smallest absolute Gasteiger partial charge is 0.466 e. The van der Waals surface area contributed by atoms with E-state index in [9.17, 15) is 23.8 Å². The number of likely N-dealkylation sites (N-methyl/N-ethyl adjacent to an activating group) is 1. The molecule has 1 unspecified atom stereocenters. The molecular formula is C48H81NO10P+. The molecule has 342 valence electrons. The first-order valence-corrected chi connectivity index (χ1v) is 24.2. The zero-order valence-corrected chi connectivity index (χ0v) is 39.3. The molecule has 0 aliphatic heterocycles. The van der Waals surface area contributed by atoms with E-state index in [1.54, 1.807) is 6.08 Å². The molecule has 1 rings (SSSR count). The van der Waals surface area contributed by atoms with Crippen LogP contribution in [0.15, 0.2) is 53.0 Å². The molecule has 60 heavy (non-hydrogen) atoms. The summed E-state index contributed by atoms with van der Waals surface area (Å²) in [6.45, 7) is 8.31. The number of rotatable bonds is 37. The van der Waals surface area contributed by atoms with Crippen LogP contribution in [0.25, 0.3) is 0 Å². The predicted octanol–water partition coefficient (Wildman–Crippen LogP) is 11.5. The van der Waals surface area contributed by atoms with E-state index in [1.807, 2.05) is 33.3 Å². The molecule has 0 bridgehead atoms. The van der Waals surface area contributed by atoms with Crippen molar-refractivity contribution in [1.29, 1.82) is 0 Å². The Morgan fingerprint density at radius 2 is 1.30 bits per heavy atom. The van der Waals surface area contributed by atoms with Crippen molar-refractivity contribution in [3.63, 3.8) is 0 Å². The van der Waals surface area contributed by atoms with Crippen LogP contribution in [0.1, 0.15) is 158 Å². The van der Waals surface area contributed by atoms with Crippen LogP contribution < -0.4 is 0 Å². The lowest BCUT2D eigenvalue weighted by atomic mass is 10.0. The van der Waals surface area contributed by atoms with E-state index in [0.717, 1.165) is 82.1 Å². The first-order chi connectivity index (χ1) is 28.7. The summed E-state index contributed by atoms with van der Waals surface area (Å²) < 4.78 is 40.2. The molecule has 2 atom stereocenters. The van der Waals surface area contributed by atoms with Crippen molar-refractivity contribution in [3.8, 4) is 0 Å². The molecule has 0 spiro atoms. The topological polar surface area (TPSA) is 139 Å². The minimum absolute atomic E-state index is 0.0196. The third-order valence-electron chi connectivity index (χ3n) is 10.0. The van der Waals surface area contributed by atoms with Gasteiger partial charge in [-0.2, -0.15) is 0 Å². The van der Waals surface area contributed by atoms with Gasteiger partial charge in [-0.15, -0.1) is 0 Å². The number of aryl methyl sites for hydroxylation is 2. The average molecular weight is 863 g/mol. The molecule has 0 saturated heterocycles. The van der Waals surface area contributed by atoms with Crippen LogP contribution in [0.2, 0.25) is 0 Å². The van der Waals surface area contributed by atoms with Gasteiger partial charge in [0, 0.05) is 32.1 Å². The molecule has 0 aliphatic rings. The number of esters is 2. The van der Waals surface area contributed by atoms with Gasteiger partial charge < -0.3 is 23.3 Å². The van der Waals surface area contributed by atoms with Crippen molar-refractivity contribution >= 4 is 25.5 Å². The van der Waals surface area contributed by atoms with E-state index in [-0.39, 0.29) is 44.7 Å². The lowest BCUT2D eigenvalue weighted by molar-refractivity contribution is -0.870. The molecule has 1 N–H and O–H groups in total. The number of ketones is 1. The van der Waals surface area contributed by atoms with Crippen LogP contribution in [0.5, 0.6) is 0 Å². The van der Waals surface area contributed by atoms with Crippen molar-refractivity contribution in [2.45, 2.75) is 169 Å². The molecule has 1 aromatic rings. The number of phosphoric ester groups is 1. The van der Waals surface area contributed by atoms with E-state index in [2.05, 4.69) is 52.0 Å². The highest BCUT2D eigenvalue weighted by molar-refractivity contribution is 7.47. The maximum atomic E-state index is 12.7. The van der Waals surface area contributed by atoms with Gasteiger partial charge in [0.05, 0.1) is 27.7 Å². The van der Waals surface area contributed by atoms with Gasteiger partial charge in [-0.1, -0.05) is 108 Å². The van der Waals surface area contributed by atoms with Crippen LogP contribution in [-0.2, 0) is 50.3 Å². The first-order valence-electron chi connectivity index (χ1n) is 22.7. The second kappa shape index (κ2) is 33.5. The summed E-state index contributed by atoms with van der Waals surface area (Å²) in [6, 6.07) is 0. The number of hydrogen-bond donors (Lipinski definition) is 1. The zero-order valence-electron chi connectivity index (χ0n) is 38.4.